The predicted octanol–water partition coefficient (Wildman–Crippen LogP) is 5.16. The molecule has 4 unspecified atom stereocenters. The van der Waals surface area contributed by atoms with Gasteiger partial charge in [-0.1, -0.05) is 77.1 Å². The van der Waals surface area contributed by atoms with Crippen molar-refractivity contribution in [3.63, 3.8) is 0 Å². The van der Waals surface area contributed by atoms with Crippen LogP contribution in [0.3, 0.4) is 0 Å². The first-order chi connectivity index (χ1) is 22.5. The Balaban J connectivity index is 1.68. The van der Waals surface area contributed by atoms with Crippen LogP contribution in [0.2, 0.25) is 0 Å². The molecule has 0 saturated carbocycles. The van der Waals surface area contributed by atoms with E-state index in [9.17, 15) is 19.2 Å². The molecule has 4 atom stereocenters. The van der Waals surface area contributed by atoms with Gasteiger partial charge >= 0.3 is 0 Å². The molecule has 0 spiro atoms. The fourth-order valence-electron chi connectivity index (χ4n) is 5.44. The lowest BCUT2D eigenvalue weighted by atomic mass is 9.93. The van der Waals surface area contributed by atoms with E-state index in [4.69, 9.17) is 5.73 Å². The van der Waals surface area contributed by atoms with E-state index in [-0.39, 0.29) is 29.5 Å². The predicted molar refractivity (Wildman–Crippen MR) is 189 cm³/mol. The van der Waals surface area contributed by atoms with Crippen LogP contribution >= 0.6 is 11.3 Å². The maximum atomic E-state index is 13.6. The van der Waals surface area contributed by atoms with Gasteiger partial charge in [0, 0.05) is 60.1 Å². The fourth-order valence-corrected chi connectivity index (χ4v) is 6.21. The van der Waals surface area contributed by atoms with Crippen LogP contribution in [0.25, 0.3) is 0 Å². The van der Waals surface area contributed by atoms with Crippen molar-refractivity contribution in [2.75, 3.05) is 13.1 Å². The van der Waals surface area contributed by atoms with Crippen LogP contribution in [0.5, 0.6) is 0 Å². The van der Waals surface area contributed by atoms with Crippen LogP contribution in [-0.4, -0.2) is 59.7 Å². The molecule has 0 radical (unpaired) electrons. The van der Waals surface area contributed by atoms with Gasteiger partial charge in [-0.05, 0) is 60.4 Å². The summed E-state index contributed by atoms with van der Waals surface area (Å²) in [6.07, 6.45) is 2.49. The Morgan fingerprint density at radius 3 is 2.13 bits per heavy atom. The zero-order chi connectivity index (χ0) is 34.3. The van der Waals surface area contributed by atoms with Crippen molar-refractivity contribution < 1.29 is 19.2 Å². The Hall–Kier alpha value is -4.02. The molecule has 0 fully saturated rings. The summed E-state index contributed by atoms with van der Waals surface area (Å²) in [6.45, 7) is 11.3. The summed E-state index contributed by atoms with van der Waals surface area (Å²) < 4.78 is 0. The number of nitrogens with zero attached hydrogens (tertiary/aromatic N) is 1. The number of nitrogens with one attached hydrogen (secondary N) is 3. The van der Waals surface area contributed by atoms with Crippen LogP contribution in [0.1, 0.15) is 85.0 Å². The molecule has 10 heteroatoms. The number of amides is 4. The molecule has 9 nitrogen and oxygen atoms in total. The van der Waals surface area contributed by atoms with Gasteiger partial charge in [0.25, 0.3) is 11.8 Å². The van der Waals surface area contributed by atoms with Crippen molar-refractivity contribution in [2.45, 2.75) is 85.0 Å². The van der Waals surface area contributed by atoms with Gasteiger partial charge < -0.3 is 26.6 Å². The molecular formula is C37H51N5O4S. The Morgan fingerprint density at radius 2 is 1.51 bits per heavy atom. The number of hydrogen-bond donors (Lipinski definition) is 4. The third-order valence-electron chi connectivity index (χ3n) is 8.11. The monoisotopic (exact) mass is 661 g/mol. The van der Waals surface area contributed by atoms with E-state index < -0.39 is 24.0 Å². The third-order valence-corrected chi connectivity index (χ3v) is 9.01. The lowest BCUT2D eigenvalue weighted by Gasteiger charge is -2.28. The molecule has 3 rings (SSSR count). The van der Waals surface area contributed by atoms with E-state index in [1.54, 1.807) is 42.5 Å². The van der Waals surface area contributed by atoms with Crippen molar-refractivity contribution in [1.82, 2.24) is 20.9 Å². The normalized spacial score (nSPS) is 13.7. The second-order valence-corrected chi connectivity index (χ2v) is 13.5. The van der Waals surface area contributed by atoms with Gasteiger partial charge in [0.2, 0.25) is 11.8 Å². The van der Waals surface area contributed by atoms with Crippen LogP contribution in [0, 0.1) is 11.8 Å². The highest BCUT2D eigenvalue weighted by atomic mass is 32.1. The van der Waals surface area contributed by atoms with Gasteiger partial charge in [-0.2, -0.15) is 0 Å². The van der Waals surface area contributed by atoms with Crippen molar-refractivity contribution in [3.8, 4) is 0 Å². The summed E-state index contributed by atoms with van der Waals surface area (Å²) in [7, 11) is 0. The average Bonchev–Trinajstić information content (AvgIpc) is 3.58. The van der Waals surface area contributed by atoms with E-state index in [0.29, 0.717) is 43.6 Å². The summed E-state index contributed by atoms with van der Waals surface area (Å²) in [6, 6.07) is 18.6. The highest BCUT2D eigenvalue weighted by Gasteiger charge is 2.30. The minimum Gasteiger partial charge on any atom is -0.350 e. The highest BCUT2D eigenvalue weighted by molar-refractivity contribution is 7.09. The number of benzene rings is 2. The lowest BCUT2D eigenvalue weighted by Crippen LogP contribution is -2.53. The lowest BCUT2D eigenvalue weighted by molar-refractivity contribution is -0.132. The maximum Gasteiger partial charge on any atom is 0.253 e. The van der Waals surface area contributed by atoms with Crippen LogP contribution < -0.4 is 21.7 Å². The molecule has 3 aromatic rings. The molecular weight excluding hydrogens is 611 g/mol. The molecule has 0 aliphatic rings. The van der Waals surface area contributed by atoms with E-state index in [1.165, 1.54) is 0 Å². The Labute approximate surface area is 283 Å². The highest BCUT2D eigenvalue weighted by Crippen LogP contribution is 2.18. The molecule has 47 heavy (non-hydrogen) atoms. The van der Waals surface area contributed by atoms with Crippen molar-refractivity contribution in [1.29, 1.82) is 0 Å². The molecule has 0 saturated heterocycles. The molecule has 1 aromatic heterocycles. The standard InChI is InChI=1S/C37H51N5O4S/c1-6-18-42(19-7-2)37(46)29-16-11-15-28(22-29)35(44)40-32(23-30-17-12-20-47-30)31(38)21-26(5)34(43)41-33(25(3)4)36(45)39-24-27-13-9-8-10-14-27/h8-17,20,22,25-26,31-33H,6-7,18-19,21,23-24,38H2,1-5H3,(H,39,45)(H,40,44)(H,41,43). The Bertz CT molecular complexity index is 1420. The number of rotatable bonds is 18. The summed E-state index contributed by atoms with van der Waals surface area (Å²) >= 11 is 1.57. The zero-order valence-corrected chi connectivity index (χ0v) is 29.1. The molecule has 0 bridgehead atoms. The van der Waals surface area contributed by atoms with Crippen LogP contribution in [0.15, 0.2) is 72.1 Å². The van der Waals surface area contributed by atoms with Gasteiger partial charge in [-0.3, -0.25) is 19.2 Å². The summed E-state index contributed by atoms with van der Waals surface area (Å²) in [5.41, 5.74) is 8.53. The summed E-state index contributed by atoms with van der Waals surface area (Å²) in [5, 5.41) is 10.9. The number of carbonyl (C=O) groups excluding carboxylic acids is 4. The molecule has 4 amide bonds. The van der Waals surface area contributed by atoms with Gasteiger partial charge in [-0.15, -0.1) is 11.3 Å². The quantitative estimate of drug-likeness (QED) is 0.150. The second-order valence-electron chi connectivity index (χ2n) is 12.5. The Morgan fingerprint density at radius 1 is 0.830 bits per heavy atom. The largest absolute Gasteiger partial charge is 0.350 e. The van der Waals surface area contributed by atoms with Crippen LogP contribution in [0.4, 0.5) is 0 Å². The van der Waals surface area contributed by atoms with Gasteiger partial charge in [-0.25, -0.2) is 0 Å². The first kappa shape index (κ1) is 37.4. The molecule has 254 valence electrons. The minimum atomic E-state index is -0.702. The van der Waals surface area contributed by atoms with Crippen molar-refractivity contribution >= 4 is 35.0 Å². The molecule has 0 aliphatic carbocycles. The van der Waals surface area contributed by atoms with Gasteiger partial charge in [0.05, 0.1) is 0 Å². The first-order valence-electron chi connectivity index (χ1n) is 16.6. The first-order valence-corrected chi connectivity index (χ1v) is 17.5. The van der Waals surface area contributed by atoms with Crippen molar-refractivity contribution in [2.24, 2.45) is 17.6 Å². The second kappa shape index (κ2) is 19.0. The van der Waals surface area contributed by atoms with E-state index >= 15 is 0 Å². The van der Waals surface area contributed by atoms with Crippen molar-refractivity contribution in [3.05, 3.63) is 93.7 Å². The van der Waals surface area contributed by atoms with E-state index in [2.05, 4.69) is 16.0 Å². The SMILES string of the molecule is CCCN(CCC)C(=O)c1cccc(C(=O)NC(Cc2cccs2)C(N)CC(C)C(=O)NC(C(=O)NCc2ccccc2)C(C)C)c1. The number of hydrogen-bond acceptors (Lipinski definition) is 6. The van der Waals surface area contributed by atoms with Gasteiger partial charge in [0.15, 0.2) is 0 Å². The molecule has 2 aromatic carbocycles. The minimum absolute atomic E-state index is 0.0940. The number of nitrogens with two attached hydrogens (primary N) is 1. The Kier molecular flexibility index (Phi) is 15.1. The third kappa shape index (κ3) is 11.6. The molecule has 1 heterocycles. The average molecular weight is 662 g/mol. The summed E-state index contributed by atoms with van der Waals surface area (Å²) in [5.74, 6) is -1.58. The molecule has 5 N–H and O–H groups in total. The molecule has 0 aliphatic heterocycles. The fraction of sp³-hybridized carbons (Fsp3) is 0.459. The summed E-state index contributed by atoms with van der Waals surface area (Å²) in [4.78, 5) is 56.0. The number of carbonyl (C=O) groups is 4. The smallest absolute Gasteiger partial charge is 0.253 e. The topological polar surface area (TPSA) is 134 Å². The maximum absolute atomic E-state index is 13.6. The van der Waals surface area contributed by atoms with E-state index in [0.717, 1.165) is 23.3 Å². The van der Waals surface area contributed by atoms with Gasteiger partial charge in [0.1, 0.15) is 6.04 Å². The zero-order valence-electron chi connectivity index (χ0n) is 28.3. The van der Waals surface area contributed by atoms with E-state index in [1.807, 2.05) is 80.4 Å². The number of thiophene rings is 1. The van der Waals surface area contributed by atoms with Crippen LogP contribution in [-0.2, 0) is 22.6 Å².